The summed E-state index contributed by atoms with van der Waals surface area (Å²) in [6.07, 6.45) is 0. The maximum Gasteiger partial charge on any atom is 0.335 e. The standard InChI is InChI=1S/C15H11ClFN3O2/c16-10-5-8(1-3-11(10)17)7-18-15-19-12-4-2-9(14(21)22)6-13(12)20-15/h1-6H,7H2,(H,21,22)(H2,18,19,20). The van der Waals surface area contributed by atoms with Gasteiger partial charge in [0, 0.05) is 6.54 Å². The Bertz CT molecular complexity index is 863. The minimum Gasteiger partial charge on any atom is -0.478 e. The van der Waals surface area contributed by atoms with E-state index in [0.29, 0.717) is 23.5 Å². The Morgan fingerprint density at radius 3 is 2.86 bits per heavy atom. The highest BCUT2D eigenvalue weighted by Crippen LogP contribution is 2.19. The van der Waals surface area contributed by atoms with Crippen molar-refractivity contribution in [2.24, 2.45) is 0 Å². The number of hydrogen-bond donors (Lipinski definition) is 3. The van der Waals surface area contributed by atoms with Crippen LogP contribution in [-0.2, 0) is 6.54 Å². The Labute approximate surface area is 129 Å². The molecule has 0 radical (unpaired) electrons. The molecule has 3 aromatic rings. The van der Waals surface area contributed by atoms with E-state index in [0.717, 1.165) is 5.56 Å². The molecule has 0 bridgehead atoms. The number of aromatic nitrogens is 2. The number of H-pyrrole nitrogens is 1. The Kier molecular flexibility index (Phi) is 3.68. The zero-order valence-electron chi connectivity index (χ0n) is 11.2. The summed E-state index contributed by atoms with van der Waals surface area (Å²) in [5, 5.41) is 12.1. The SMILES string of the molecule is O=C(O)c1ccc2nc(NCc3ccc(F)c(Cl)c3)[nH]c2c1. The maximum absolute atomic E-state index is 13.1. The summed E-state index contributed by atoms with van der Waals surface area (Å²) in [7, 11) is 0. The third-order valence-electron chi connectivity index (χ3n) is 3.17. The molecule has 0 aliphatic heterocycles. The third-order valence-corrected chi connectivity index (χ3v) is 3.46. The van der Waals surface area contributed by atoms with Crippen LogP contribution in [0.2, 0.25) is 5.02 Å². The lowest BCUT2D eigenvalue weighted by molar-refractivity contribution is 0.0697. The summed E-state index contributed by atoms with van der Waals surface area (Å²) in [6.45, 7) is 0.408. The number of imidazole rings is 1. The van der Waals surface area contributed by atoms with Crippen molar-refractivity contribution >= 4 is 34.6 Å². The molecule has 22 heavy (non-hydrogen) atoms. The normalized spacial score (nSPS) is 10.8. The second-order valence-corrected chi connectivity index (χ2v) is 5.13. The number of carboxylic acid groups (broad SMARTS) is 1. The molecule has 112 valence electrons. The number of anilines is 1. The van der Waals surface area contributed by atoms with Crippen LogP contribution in [0.5, 0.6) is 0 Å². The maximum atomic E-state index is 13.1. The first-order valence-corrected chi connectivity index (χ1v) is 6.81. The molecule has 3 N–H and O–H groups in total. The number of aromatic amines is 1. The number of nitrogens with one attached hydrogen (secondary N) is 2. The van der Waals surface area contributed by atoms with E-state index >= 15 is 0 Å². The Morgan fingerprint density at radius 2 is 2.14 bits per heavy atom. The molecular formula is C15H11ClFN3O2. The molecule has 0 fully saturated rings. The molecule has 0 saturated carbocycles. The summed E-state index contributed by atoms with van der Waals surface area (Å²) in [6, 6.07) is 9.11. The van der Waals surface area contributed by atoms with Gasteiger partial charge < -0.3 is 15.4 Å². The van der Waals surface area contributed by atoms with Crippen LogP contribution in [0.25, 0.3) is 11.0 Å². The number of aromatic carboxylic acids is 1. The van der Waals surface area contributed by atoms with Gasteiger partial charge in [0.2, 0.25) is 5.95 Å². The van der Waals surface area contributed by atoms with Crippen molar-refractivity contribution in [1.82, 2.24) is 9.97 Å². The number of fused-ring (bicyclic) bond motifs is 1. The van der Waals surface area contributed by atoms with Crippen molar-refractivity contribution in [1.29, 1.82) is 0 Å². The van der Waals surface area contributed by atoms with Gasteiger partial charge in [0.05, 0.1) is 21.6 Å². The highest BCUT2D eigenvalue weighted by Gasteiger charge is 2.08. The fourth-order valence-corrected chi connectivity index (χ4v) is 2.26. The quantitative estimate of drug-likeness (QED) is 0.685. The first-order valence-electron chi connectivity index (χ1n) is 6.44. The highest BCUT2D eigenvalue weighted by atomic mass is 35.5. The van der Waals surface area contributed by atoms with Gasteiger partial charge in [-0.05, 0) is 35.9 Å². The molecule has 1 heterocycles. The van der Waals surface area contributed by atoms with Gasteiger partial charge >= 0.3 is 5.97 Å². The molecule has 7 heteroatoms. The van der Waals surface area contributed by atoms with Crippen molar-refractivity contribution in [3.63, 3.8) is 0 Å². The van der Waals surface area contributed by atoms with Gasteiger partial charge in [-0.15, -0.1) is 0 Å². The molecule has 2 aromatic carbocycles. The first kappa shape index (κ1) is 14.3. The van der Waals surface area contributed by atoms with E-state index in [9.17, 15) is 9.18 Å². The third kappa shape index (κ3) is 2.87. The van der Waals surface area contributed by atoms with Crippen LogP contribution in [0.3, 0.4) is 0 Å². The smallest absolute Gasteiger partial charge is 0.335 e. The molecule has 5 nitrogen and oxygen atoms in total. The fraction of sp³-hybridized carbons (Fsp3) is 0.0667. The van der Waals surface area contributed by atoms with E-state index in [4.69, 9.17) is 16.7 Å². The van der Waals surface area contributed by atoms with Gasteiger partial charge in [-0.3, -0.25) is 0 Å². The Hall–Kier alpha value is -2.60. The van der Waals surface area contributed by atoms with Crippen LogP contribution >= 0.6 is 11.6 Å². The lowest BCUT2D eigenvalue weighted by Gasteiger charge is -2.03. The van der Waals surface area contributed by atoms with Gasteiger partial charge in [-0.1, -0.05) is 17.7 Å². The summed E-state index contributed by atoms with van der Waals surface area (Å²) in [4.78, 5) is 18.2. The van der Waals surface area contributed by atoms with E-state index in [1.807, 2.05) is 0 Å². The van der Waals surface area contributed by atoms with Crippen LogP contribution in [0.4, 0.5) is 10.3 Å². The van der Waals surface area contributed by atoms with Gasteiger partial charge in [0.15, 0.2) is 0 Å². The number of carbonyl (C=O) groups is 1. The van der Waals surface area contributed by atoms with Crippen molar-refractivity contribution in [2.75, 3.05) is 5.32 Å². The Morgan fingerprint density at radius 1 is 1.32 bits per heavy atom. The zero-order chi connectivity index (χ0) is 15.7. The average molecular weight is 320 g/mol. The molecule has 3 rings (SSSR count). The van der Waals surface area contributed by atoms with Crippen molar-refractivity contribution < 1.29 is 14.3 Å². The number of halogens is 2. The number of hydrogen-bond acceptors (Lipinski definition) is 3. The van der Waals surface area contributed by atoms with Gasteiger partial charge in [0.25, 0.3) is 0 Å². The second-order valence-electron chi connectivity index (χ2n) is 4.72. The van der Waals surface area contributed by atoms with Gasteiger partial charge in [-0.25, -0.2) is 14.2 Å². The average Bonchev–Trinajstić information content (AvgIpc) is 2.90. The molecule has 0 aliphatic carbocycles. The first-order chi connectivity index (χ1) is 10.5. The van der Waals surface area contributed by atoms with Crippen molar-refractivity contribution in [3.05, 3.63) is 58.4 Å². The molecule has 0 amide bonds. The Balaban J connectivity index is 1.79. The van der Waals surface area contributed by atoms with E-state index in [-0.39, 0.29) is 10.6 Å². The summed E-state index contributed by atoms with van der Waals surface area (Å²) < 4.78 is 13.1. The number of benzene rings is 2. The minimum atomic E-state index is -0.994. The largest absolute Gasteiger partial charge is 0.478 e. The number of nitrogens with zero attached hydrogens (tertiary/aromatic N) is 1. The molecule has 0 saturated heterocycles. The number of rotatable bonds is 4. The molecule has 0 unspecified atom stereocenters. The summed E-state index contributed by atoms with van der Waals surface area (Å²) >= 11 is 5.73. The van der Waals surface area contributed by atoms with Crippen molar-refractivity contribution in [3.8, 4) is 0 Å². The van der Waals surface area contributed by atoms with E-state index in [2.05, 4.69) is 15.3 Å². The van der Waals surface area contributed by atoms with Gasteiger partial charge in [0.1, 0.15) is 5.82 Å². The lowest BCUT2D eigenvalue weighted by atomic mass is 10.2. The van der Waals surface area contributed by atoms with Crippen LogP contribution in [0.1, 0.15) is 15.9 Å². The van der Waals surface area contributed by atoms with Crippen LogP contribution in [0.15, 0.2) is 36.4 Å². The van der Waals surface area contributed by atoms with E-state index < -0.39 is 11.8 Å². The predicted octanol–water partition coefficient (Wildman–Crippen LogP) is 3.67. The topological polar surface area (TPSA) is 78.0 Å². The molecule has 0 aliphatic rings. The zero-order valence-corrected chi connectivity index (χ0v) is 12.0. The molecule has 1 aromatic heterocycles. The van der Waals surface area contributed by atoms with Gasteiger partial charge in [-0.2, -0.15) is 0 Å². The molecular weight excluding hydrogens is 309 g/mol. The summed E-state index contributed by atoms with van der Waals surface area (Å²) in [5.74, 6) is -0.958. The van der Waals surface area contributed by atoms with E-state index in [1.165, 1.54) is 24.3 Å². The van der Waals surface area contributed by atoms with Crippen molar-refractivity contribution in [2.45, 2.75) is 6.54 Å². The second kappa shape index (κ2) is 5.65. The monoisotopic (exact) mass is 319 g/mol. The van der Waals surface area contributed by atoms with E-state index in [1.54, 1.807) is 12.1 Å². The highest BCUT2D eigenvalue weighted by molar-refractivity contribution is 6.30. The minimum absolute atomic E-state index is 0.0648. The van der Waals surface area contributed by atoms with Crippen LogP contribution in [-0.4, -0.2) is 21.0 Å². The summed E-state index contributed by atoms with van der Waals surface area (Å²) in [5.41, 5.74) is 2.27. The number of carboxylic acids is 1. The molecule has 0 atom stereocenters. The van der Waals surface area contributed by atoms with Crippen LogP contribution in [0, 0.1) is 5.82 Å². The van der Waals surface area contributed by atoms with Crippen LogP contribution < -0.4 is 5.32 Å². The predicted molar refractivity (Wildman–Crippen MR) is 81.8 cm³/mol. The molecule has 0 spiro atoms. The fourth-order valence-electron chi connectivity index (χ4n) is 2.06. The lowest BCUT2D eigenvalue weighted by Crippen LogP contribution is -2.01.